The van der Waals surface area contributed by atoms with Gasteiger partial charge in [-0.2, -0.15) is 0 Å². The lowest BCUT2D eigenvalue weighted by Gasteiger charge is -2.09. The lowest BCUT2D eigenvalue weighted by atomic mass is 9.95. The van der Waals surface area contributed by atoms with Crippen molar-refractivity contribution in [2.45, 2.75) is 0 Å². The van der Waals surface area contributed by atoms with Crippen LogP contribution < -0.4 is 0 Å². The van der Waals surface area contributed by atoms with Crippen LogP contribution in [0.25, 0.3) is 44.1 Å². The zero-order chi connectivity index (χ0) is 20.9. The van der Waals surface area contributed by atoms with Crippen molar-refractivity contribution in [2.24, 2.45) is 0 Å². The molecule has 31 heavy (non-hydrogen) atoms. The highest BCUT2D eigenvalue weighted by Crippen LogP contribution is 2.31. The summed E-state index contributed by atoms with van der Waals surface area (Å²) in [6.07, 6.45) is 0. The number of H-pyrrole nitrogens is 1. The second kappa shape index (κ2) is 8.73. The van der Waals surface area contributed by atoms with Gasteiger partial charge in [-0.3, -0.25) is 0 Å². The average molecular weight is 398 g/mol. The Bertz CT molecular complexity index is 1300. The van der Waals surface area contributed by atoms with E-state index in [0.29, 0.717) is 0 Å². The summed E-state index contributed by atoms with van der Waals surface area (Å²) in [7, 11) is 0. The molecule has 1 aromatic heterocycles. The van der Waals surface area contributed by atoms with E-state index in [0.717, 1.165) is 0 Å². The lowest BCUT2D eigenvalue weighted by molar-refractivity contribution is 1.55. The summed E-state index contributed by atoms with van der Waals surface area (Å²) in [6, 6.07) is 46.3. The number of nitrogens with one attached hydrogen (secondary N) is 1. The van der Waals surface area contributed by atoms with Crippen molar-refractivity contribution in [1.29, 1.82) is 0 Å². The highest BCUT2D eigenvalue weighted by Gasteiger charge is 2.05. The Morgan fingerprint density at radius 2 is 0.677 bits per heavy atom. The molecule has 1 heterocycles. The number of hydrogen-bond donors (Lipinski definition) is 1. The second-order valence-electron chi connectivity index (χ2n) is 7.49. The highest BCUT2D eigenvalue weighted by molar-refractivity contribution is 6.06. The largest absolute Gasteiger partial charge is 0.355 e. The van der Waals surface area contributed by atoms with E-state index in [1.807, 2.05) is 0 Å². The van der Waals surface area contributed by atoms with Crippen LogP contribution >= 0.6 is 0 Å². The molecule has 1 nitrogen and oxygen atoms in total. The fourth-order valence-electron chi connectivity index (χ4n) is 4.02. The van der Waals surface area contributed by atoms with Crippen LogP contribution in [0.4, 0.5) is 0 Å². The van der Waals surface area contributed by atoms with Crippen molar-refractivity contribution in [1.82, 2.24) is 4.98 Å². The Balaban J connectivity index is 0.000000138. The number of hydrogen-bond acceptors (Lipinski definition) is 0. The van der Waals surface area contributed by atoms with E-state index in [-0.39, 0.29) is 0 Å². The quantitative estimate of drug-likeness (QED) is 0.302. The zero-order valence-corrected chi connectivity index (χ0v) is 17.2. The average Bonchev–Trinajstić information content (AvgIpc) is 3.24. The molecular weight excluding hydrogens is 374 g/mol. The Hall–Kier alpha value is -4.10. The van der Waals surface area contributed by atoms with E-state index in [1.54, 1.807) is 0 Å². The predicted molar refractivity (Wildman–Crippen MR) is 133 cm³/mol. The van der Waals surface area contributed by atoms with Crippen LogP contribution in [-0.4, -0.2) is 4.98 Å². The summed E-state index contributed by atoms with van der Waals surface area (Å²) in [5.74, 6) is 0. The van der Waals surface area contributed by atoms with Gasteiger partial charge in [-0.1, -0.05) is 121 Å². The molecule has 0 bridgehead atoms. The maximum absolute atomic E-state index is 3.38. The van der Waals surface area contributed by atoms with Crippen LogP contribution in [0.2, 0.25) is 0 Å². The third-order valence-corrected chi connectivity index (χ3v) is 5.51. The molecule has 0 saturated carbocycles. The van der Waals surface area contributed by atoms with Gasteiger partial charge in [-0.05, 0) is 34.4 Å². The molecule has 0 spiro atoms. The van der Waals surface area contributed by atoms with E-state index in [1.165, 1.54) is 44.1 Å². The minimum absolute atomic E-state index is 1.21. The van der Waals surface area contributed by atoms with Crippen molar-refractivity contribution in [3.05, 3.63) is 133 Å². The summed E-state index contributed by atoms with van der Waals surface area (Å²) in [5.41, 5.74) is 7.51. The molecule has 6 aromatic rings. The van der Waals surface area contributed by atoms with Crippen LogP contribution in [0.1, 0.15) is 0 Å². The fourth-order valence-corrected chi connectivity index (χ4v) is 4.02. The first kappa shape index (κ1) is 18.9. The first-order chi connectivity index (χ1) is 15.4. The number of rotatable bonds is 2. The van der Waals surface area contributed by atoms with Crippen LogP contribution in [0.3, 0.4) is 0 Å². The van der Waals surface area contributed by atoms with Crippen molar-refractivity contribution in [2.75, 3.05) is 0 Å². The predicted octanol–water partition coefficient (Wildman–Crippen LogP) is 8.34. The number of para-hydroxylation sites is 2. The molecule has 0 unspecified atom stereocenters. The number of benzene rings is 5. The van der Waals surface area contributed by atoms with Gasteiger partial charge in [0.1, 0.15) is 0 Å². The SMILES string of the molecule is c1ccc(-c2ccccc2-c2ccccc2)cc1.c1ccc2c(c1)[nH]c1ccccc12. The number of aromatic nitrogens is 1. The standard InChI is InChI=1S/C18H14.C12H9N/c1-3-9-15(10-4-1)17-13-7-8-14-18(17)16-11-5-2-6-12-16;1-3-7-11-9(5-1)10-6-2-4-8-12(10)13-11/h1-14H;1-8,13H. The zero-order valence-electron chi connectivity index (χ0n) is 17.2. The first-order valence-electron chi connectivity index (χ1n) is 10.6. The normalized spacial score (nSPS) is 10.6. The van der Waals surface area contributed by atoms with E-state index in [9.17, 15) is 0 Å². The van der Waals surface area contributed by atoms with Gasteiger partial charge in [0, 0.05) is 21.8 Å². The highest BCUT2D eigenvalue weighted by atomic mass is 14.7. The van der Waals surface area contributed by atoms with Crippen LogP contribution in [-0.2, 0) is 0 Å². The fraction of sp³-hybridized carbons (Fsp3) is 0. The van der Waals surface area contributed by atoms with Gasteiger partial charge in [0.25, 0.3) is 0 Å². The van der Waals surface area contributed by atoms with Crippen LogP contribution in [0.5, 0.6) is 0 Å². The van der Waals surface area contributed by atoms with Crippen molar-refractivity contribution >= 4 is 21.8 Å². The monoisotopic (exact) mass is 397 g/mol. The summed E-state index contributed by atoms with van der Waals surface area (Å²) in [6.45, 7) is 0. The molecule has 6 rings (SSSR count). The van der Waals surface area contributed by atoms with Gasteiger partial charge in [0.05, 0.1) is 0 Å². The molecule has 1 N–H and O–H groups in total. The molecule has 0 aliphatic carbocycles. The molecule has 0 aliphatic rings. The molecule has 5 aromatic carbocycles. The smallest absolute Gasteiger partial charge is 0.0464 e. The van der Waals surface area contributed by atoms with Gasteiger partial charge < -0.3 is 4.98 Å². The van der Waals surface area contributed by atoms with Gasteiger partial charge in [0.15, 0.2) is 0 Å². The molecule has 0 amide bonds. The van der Waals surface area contributed by atoms with E-state index in [4.69, 9.17) is 0 Å². The Morgan fingerprint density at radius 3 is 1.13 bits per heavy atom. The molecule has 0 radical (unpaired) electrons. The minimum Gasteiger partial charge on any atom is -0.355 e. The van der Waals surface area contributed by atoms with Gasteiger partial charge in [-0.15, -0.1) is 0 Å². The summed E-state index contributed by atoms with van der Waals surface area (Å²) in [4.78, 5) is 3.38. The maximum Gasteiger partial charge on any atom is 0.0464 e. The number of fused-ring (bicyclic) bond motifs is 3. The number of aromatic amines is 1. The van der Waals surface area contributed by atoms with Crippen molar-refractivity contribution in [3.8, 4) is 22.3 Å². The second-order valence-corrected chi connectivity index (χ2v) is 7.49. The van der Waals surface area contributed by atoms with E-state index < -0.39 is 0 Å². The molecular formula is C30H23N. The van der Waals surface area contributed by atoms with Crippen molar-refractivity contribution < 1.29 is 0 Å². The Morgan fingerprint density at radius 1 is 0.323 bits per heavy atom. The Kier molecular flexibility index (Phi) is 5.32. The van der Waals surface area contributed by atoms with Crippen LogP contribution in [0.15, 0.2) is 133 Å². The molecule has 0 atom stereocenters. The summed E-state index contributed by atoms with van der Waals surface area (Å²) < 4.78 is 0. The van der Waals surface area contributed by atoms with Gasteiger partial charge in [0.2, 0.25) is 0 Å². The molecule has 1 heteroatoms. The van der Waals surface area contributed by atoms with Gasteiger partial charge >= 0.3 is 0 Å². The third-order valence-electron chi connectivity index (χ3n) is 5.51. The molecule has 0 saturated heterocycles. The summed E-state index contributed by atoms with van der Waals surface area (Å²) >= 11 is 0. The van der Waals surface area contributed by atoms with E-state index in [2.05, 4.69) is 138 Å². The lowest BCUT2D eigenvalue weighted by Crippen LogP contribution is -1.83. The van der Waals surface area contributed by atoms with Gasteiger partial charge in [-0.25, -0.2) is 0 Å². The summed E-state index contributed by atoms with van der Waals surface area (Å²) in [5, 5.41) is 2.61. The minimum atomic E-state index is 1.21. The topological polar surface area (TPSA) is 15.8 Å². The first-order valence-corrected chi connectivity index (χ1v) is 10.6. The third kappa shape index (κ3) is 3.99. The molecule has 0 fully saturated rings. The Labute approximate surface area is 182 Å². The molecule has 148 valence electrons. The van der Waals surface area contributed by atoms with Crippen LogP contribution in [0, 0.1) is 0 Å². The van der Waals surface area contributed by atoms with Crippen molar-refractivity contribution in [3.63, 3.8) is 0 Å². The maximum atomic E-state index is 3.38. The van der Waals surface area contributed by atoms with E-state index >= 15 is 0 Å². The molecule has 0 aliphatic heterocycles.